The molecule has 1 N–H and O–H groups in total. The highest BCUT2D eigenvalue weighted by molar-refractivity contribution is 6.10. The van der Waals surface area contributed by atoms with Crippen LogP contribution in [0.15, 0.2) is 4.99 Å². The minimum atomic E-state index is -0.0122. The van der Waals surface area contributed by atoms with Gasteiger partial charge in [-0.25, -0.2) is 4.99 Å². The maximum absolute atomic E-state index is 12.5. The Kier molecular flexibility index (Phi) is 2.66. The van der Waals surface area contributed by atoms with Crippen LogP contribution in [-0.2, 0) is 4.79 Å². The Labute approximate surface area is 113 Å². The van der Waals surface area contributed by atoms with Gasteiger partial charge in [0.1, 0.15) is 5.78 Å². The van der Waals surface area contributed by atoms with Crippen LogP contribution in [0.25, 0.3) is 0 Å². The van der Waals surface area contributed by atoms with Crippen LogP contribution >= 0.6 is 0 Å². The van der Waals surface area contributed by atoms with Gasteiger partial charge in [0.15, 0.2) is 5.82 Å². The van der Waals surface area contributed by atoms with Crippen LogP contribution in [-0.4, -0.2) is 21.7 Å². The van der Waals surface area contributed by atoms with Crippen LogP contribution in [0.3, 0.4) is 0 Å². The van der Waals surface area contributed by atoms with Crippen molar-refractivity contribution in [2.75, 3.05) is 0 Å². The van der Waals surface area contributed by atoms with Crippen molar-refractivity contribution in [3.8, 4) is 0 Å². The van der Waals surface area contributed by atoms with Crippen molar-refractivity contribution < 1.29 is 4.79 Å². The highest BCUT2D eigenvalue weighted by atomic mass is 16.1. The highest BCUT2D eigenvalue weighted by Crippen LogP contribution is 2.47. The van der Waals surface area contributed by atoms with Gasteiger partial charge in [-0.05, 0) is 25.2 Å². The van der Waals surface area contributed by atoms with Gasteiger partial charge in [-0.1, -0.05) is 20.8 Å². The first kappa shape index (κ1) is 12.6. The van der Waals surface area contributed by atoms with Gasteiger partial charge in [0.25, 0.3) is 0 Å². The Morgan fingerprint density at radius 3 is 2.79 bits per heavy atom. The van der Waals surface area contributed by atoms with E-state index >= 15 is 0 Å². The molecule has 1 aromatic heterocycles. The third-order valence-electron chi connectivity index (χ3n) is 4.46. The highest BCUT2D eigenvalue weighted by Gasteiger charge is 2.45. The van der Waals surface area contributed by atoms with E-state index in [1.807, 2.05) is 6.92 Å². The molecule has 2 atom stereocenters. The van der Waals surface area contributed by atoms with Crippen molar-refractivity contribution in [2.45, 2.75) is 52.9 Å². The minimum Gasteiger partial charge on any atom is -0.299 e. The predicted octanol–water partition coefficient (Wildman–Crippen LogP) is 3.30. The number of ketones is 1. The van der Waals surface area contributed by atoms with E-state index in [2.05, 4.69) is 36.0 Å². The van der Waals surface area contributed by atoms with E-state index < -0.39 is 0 Å². The lowest BCUT2D eigenvalue weighted by atomic mass is 9.64. The van der Waals surface area contributed by atoms with Crippen LogP contribution in [0.2, 0.25) is 0 Å². The van der Waals surface area contributed by atoms with Crippen molar-refractivity contribution in [2.24, 2.45) is 16.3 Å². The van der Waals surface area contributed by atoms with Gasteiger partial charge in [-0.15, -0.1) is 0 Å². The molecule has 0 radical (unpaired) electrons. The summed E-state index contributed by atoms with van der Waals surface area (Å²) in [4.78, 5) is 17.2. The summed E-state index contributed by atoms with van der Waals surface area (Å²) in [5, 5.41) is 7.31. The van der Waals surface area contributed by atoms with Crippen molar-refractivity contribution in [1.82, 2.24) is 10.2 Å². The second-order valence-corrected chi connectivity index (χ2v) is 6.67. The average molecular weight is 259 g/mol. The molecule has 0 bridgehead atoms. The van der Waals surface area contributed by atoms with Gasteiger partial charge in [-0.3, -0.25) is 9.89 Å². The first-order valence-corrected chi connectivity index (χ1v) is 7.08. The molecule has 0 amide bonds. The Morgan fingerprint density at radius 1 is 1.37 bits per heavy atom. The first-order valence-electron chi connectivity index (χ1n) is 7.08. The third kappa shape index (κ3) is 1.85. The minimum absolute atomic E-state index is 0.0122. The smallest absolute Gasteiger partial charge is 0.177 e. The van der Waals surface area contributed by atoms with Crippen LogP contribution in [0.5, 0.6) is 0 Å². The van der Waals surface area contributed by atoms with E-state index in [0.29, 0.717) is 12.2 Å². The second kappa shape index (κ2) is 4.02. The number of aromatic nitrogens is 2. The molecule has 1 fully saturated rings. The first-order chi connectivity index (χ1) is 8.93. The van der Waals surface area contributed by atoms with Crippen molar-refractivity contribution in [1.29, 1.82) is 0 Å². The second-order valence-electron chi connectivity index (χ2n) is 6.67. The quantitative estimate of drug-likeness (QED) is 0.841. The van der Waals surface area contributed by atoms with Crippen LogP contribution in [0.1, 0.15) is 57.2 Å². The molecule has 4 heteroatoms. The molecule has 2 heterocycles. The number of aryl methyl sites for hydroxylation is 1. The third-order valence-corrected chi connectivity index (χ3v) is 4.46. The zero-order chi connectivity index (χ0) is 13.8. The molecule has 1 aliphatic carbocycles. The summed E-state index contributed by atoms with van der Waals surface area (Å²) in [5.74, 6) is 1.40. The number of rotatable bonds is 1. The zero-order valence-electron chi connectivity index (χ0n) is 12.1. The Balaban J connectivity index is 2.13. The van der Waals surface area contributed by atoms with Crippen LogP contribution in [0, 0.1) is 18.3 Å². The molecular weight excluding hydrogens is 238 g/mol. The SMILES string of the molecule is CCC1c2c(n[nH]c2C)N=C2CC(C)(C)CC(=O)C21. The molecule has 2 aliphatic rings. The van der Waals surface area contributed by atoms with E-state index in [1.165, 1.54) is 0 Å². The number of aliphatic imine (C=N–C) groups is 1. The topological polar surface area (TPSA) is 58.1 Å². The fourth-order valence-corrected chi connectivity index (χ4v) is 3.69. The molecule has 3 rings (SSSR count). The van der Waals surface area contributed by atoms with Crippen LogP contribution < -0.4 is 0 Å². The lowest BCUT2D eigenvalue weighted by Gasteiger charge is -2.39. The van der Waals surface area contributed by atoms with Crippen molar-refractivity contribution in [3.05, 3.63) is 11.3 Å². The number of carbonyl (C=O) groups excluding carboxylic acids is 1. The lowest BCUT2D eigenvalue weighted by molar-refractivity contribution is -0.124. The fraction of sp³-hybridized carbons (Fsp3) is 0.667. The normalized spacial score (nSPS) is 28.6. The molecule has 19 heavy (non-hydrogen) atoms. The zero-order valence-corrected chi connectivity index (χ0v) is 12.1. The molecule has 1 aliphatic heterocycles. The molecular formula is C15H21N3O. The van der Waals surface area contributed by atoms with Gasteiger partial charge in [0.05, 0.1) is 5.92 Å². The van der Waals surface area contributed by atoms with E-state index in [9.17, 15) is 4.79 Å². The summed E-state index contributed by atoms with van der Waals surface area (Å²) in [6.07, 6.45) is 2.54. The van der Waals surface area contributed by atoms with Gasteiger partial charge in [0.2, 0.25) is 0 Å². The Bertz CT molecular complexity index is 568. The van der Waals surface area contributed by atoms with E-state index in [4.69, 9.17) is 0 Å². The van der Waals surface area contributed by atoms with Gasteiger partial charge < -0.3 is 0 Å². The van der Waals surface area contributed by atoms with Crippen LogP contribution in [0.4, 0.5) is 5.82 Å². The Hall–Kier alpha value is -1.45. The van der Waals surface area contributed by atoms with E-state index in [1.54, 1.807) is 0 Å². The summed E-state index contributed by atoms with van der Waals surface area (Å²) < 4.78 is 0. The largest absolute Gasteiger partial charge is 0.299 e. The number of hydrogen-bond donors (Lipinski definition) is 1. The average Bonchev–Trinajstić information content (AvgIpc) is 2.66. The standard InChI is InChI=1S/C15H21N3O/c1-5-9-12-8(2)17-18-14(12)16-10-6-15(3,4)7-11(19)13(9)10/h9,13H,5-7H2,1-4H3,(H,17,18). The van der Waals surface area contributed by atoms with Gasteiger partial charge in [0, 0.05) is 29.3 Å². The Morgan fingerprint density at radius 2 is 2.11 bits per heavy atom. The molecule has 0 spiro atoms. The number of carbonyl (C=O) groups is 1. The predicted molar refractivity (Wildman–Crippen MR) is 75.0 cm³/mol. The number of nitrogens with zero attached hydrogens (tertiary/aromatic N) is 2. The molecule has 1 saturated carbocycles. The number of aromatic amines is 1. The van der Waals surface area contributed by atoms with Gasteiger partial charge in [-0.2, -0.15) is 5.10 Å². The van der Waals surface area contributed by atoms with E-state index in [-0.39, 0.29) is 17.3 Å². The number of hydrogen-bond acceptors (Lipinski definition) is 3. The fourth-order valence-electron chi connectivity index (χ4n) is 3.69. The number of nitrogens with one attached hydrogen (secondary N) is 1. The number of H-pyrrole nitrogens is 1. The summed E-state index contributed by atoms with van der Waals surface area (Å²) in [5.41, 5.74) is 3.30. The van der Waals surface area contributed by atoms with Gasteiger partial charge >= 0.3 is 0 Å². The summed E-state index contributed by atoms with van der Waals surface area (Å²) in [7, 11) is 0. The van der Waals surface area contributed by atoms with E-state index in [0.717, 1.165) is 35.6 Å². The molecule has 102 valence electrons. The molecule has 1 aromatic rings. The maximum atomic E-state index is 12.5. The van der Waals surface area contributed by atoms with Crippen molar-refractivity contribution >= 4 is 17.3 Å². The summed E-state index contributed by atoms with van der Waals surface area (Å²) in [6, 6.07) is 0. The molecule has 2 unspecified atom stereocenters. The lowest BCUT2D eigenvalue weighted by Crippen LogP contribution is -2.42. The molecule has 0 saturated heterocycles. The number of Topliss-reactive ketones (excluding diaryl/α,β-unsaturated/α-hetero) is 1. The monoisotopic (exact) mass is 259 g/mol. The molecule has 0 aromatic carbocycles. The van der Waals surface area contributed by atoms with Crippen molar-refractivity contribution in [3.63, 3.8) is 0 Å². The number of fused-ring (bicyclic) bond motifs is 2. The summed E-state index contributed by atoms with van der Waals surface area (Å²) >= 11 is 0. The summed E-state index contributed by atoms with van der Waals surface area (Å²) in [6.45, 7) is 8.47. The maximum Gasteiger partial charge on any atom is 0.177 e. The molecule has 4 nitrogen and oxygen atoms in total.